The van der Waals surface area contributed by atoms with Crippen molar-refractivity contribution in [2.24, 2.45) is 5.92 Å². The maximum Gasteiger partial charge on any atom is 0.264 e. The summed E-state index contributed by atoms with van der Waals surface area (Å²) in [5.74, 6) is -0.751. The predicted molar refractivity (Wildman–Crippen MR) is 158 cm³/mol. The molecule has 0 aliphatic rings. The van der Waals surface area contributed by atoms with Gasteiger partial charge in [0.05, 0.1) is 17.7 Å². The molecule has 3 rings (SSSR count). The van der Waals surface area contributed by atoms with E-state index in [0.717, 1.165) is 27.6 Å². The van der Waals surface area contributed by atoms with E-state index in [4.69, 9.17) is 4.74 Å². The molecule has 0 fully saturated rings. The molecule has 0 aliphatic carbocycles. The lowest BCUT2D eigenvalue weighted by Crippen LogP contribution is -2.52. The van der Waals surface area contributed by atoms with Crippen molar-refractivity contribution in [2.45, 2.75) is 51.6 Å². The first-order valence-electron chi connectivity index (χ1n) is 13.5. The van der Waals surface area contributed by atoms with Crippen LogP contribution in [-0.2, 0) is 26.2 Å². The number of nitrogens with one attached hydrogen (secondary N) is 1. The number of amides is 2. The van der Waals surface area contributed by atoms with Crippen molar-refractivity contribution in [3.05, 3.63) is 89.7 Å². The topological polar surface area (TPSA) is 96.0 Å². The Morgan fingerprint density at radius 2 is 1.56 bits per heavy atom. The van der Waals surface area contributed by atoms with Crippen molar-refractivity contribution in [1.82, 2.24) is 10.2 Å². The molecule has 3 aromatic carbocycles. The molecular formula is C31H38FN3O5S. The molecule has 0 aromatic heterocycles. The molecule has 0 heterocycles. The van der Waals surface area contributed by atoms with E-state index >= 15 is 0 Å². The Morgan fingerprint density at radius 3 is 2.10 bits per heavy atom. The van der Waals surface area contributed by atoms with E-state index in [1.165, 1.54) is 48.4 Å². The Morgan fingerprint density at radius 1 is 0.951 bits per heavy atom. The minimum absolute atomic E-state index is 0.0674. The number of carbonyl (C=O) groups is 2. The minimum Gasteiger partial charge on any atom is -0.497 e. The summed E-state index contributed by atoms with van der Waals surface area (Å²) in [6.07, 6.45) is 0.323. The average Bonchev–Trinajstić information content (AvgIpc) is 2.96. The Hall–Kier alpha value is -3.92. The Balaban J connectivity index is 2.03. The number of anilines is 1. The first-order chi connectivity index (χ1) is 19.5. The van der Waals surface area contributed by atoms with Gasteiger partial charge in [0.2, 0.25) is 11.8 Å². The van der Waals surface area contributed by atoms with Crippen LogP contribution in [0.2, 0.25) is 0 Å². The van der Waals surface area contributed by atoms with Gasteiger partial charge in [-0.2, -0.15) is 0 Å². The Bertz CT molecular complexity index is 1410. The van der Waals surface area contributed by atoms with Crippen LogP contribution in [0.25, 0.3) is 0 Å². The summed E-state index contributed by atoms with van der Waals surface area (Å²) < 4.78 is 47.6. The lowest BCUT2D eigenvalue weighted by Gasteiger charge is -2.33. The van der Waals surface area contributed by atoms with E-state index < -0.39 is 34.3 Å². The third kappa shape index (κ3) is 8.29. The maximum absolute atomic E-state index is 14.0. The number of methoxy groups -OCH3 is 1. The highest BCUT2D eigenvalue weighted by Crippen LogP contribution is 2.26. The van der Waals surface area contributed by atoms with E-state index in [9.17, 15) is 22.4 Å². The molecule has 0 bridgehead atoms. The fourth-order valence-electron chi connectivity index (χ4n) is 4.24. The van der Waals surface area contributed by atoms with Crippen LogP contribution in [0.3, 0.4) is 0 Å². The van der Waals surface area contributed by atoms with Gasteiger partial charge in [0.1, 0.15) is 24.2 Å². The van der Waals surface area contributed by atoms with Gasteiger partial charge in [0.15, 0.2) is 0 Å². The van der Waals surface area contributed by atoms with Crippen molar-refractivity contribution < 1.29 is 27.1 Å². The molecule has 0 radical (unpaired) electrons. The Kier molecular flexibility index (Phi) is 10.9. The van der Waals surface area contributed by atoms with Crippen LogP contribution in [0, 0.1) is 18.7 Å². The molecule has 0 aliphatic heterocycles. The van der Waals surface area contributed by atoms with Crippen molar-refractivity contribution in [1.29, 1.82) is 0 Å². The van der Waals surface area contributed by atoms with E-state index in [1.807, 2.05) is 45.0 Å². The standard InChI is InChI=1S/C31H38FN3O5S/c1-6-29(31(37)33-19-22(2)3)34(20-24-9-7-23(4)8-10-24)30(36)21-35(26-13-11-25(32)12-14-26)41(38,39)28-17-15-27(40-5)16-18-28/h7-18,22,29H,6,19-21H2,1-5H3,(H,33,37)/t29-/m1/s1. The smallest absolute Gasteiger partial charge is 0.264 e. The molecule has 8 nitrogen and oxygen atoms in total. The number of halogens is 1. The summed E-state index contributed by atoms with van der Waals surface area (Å²) in [5.41, 5.74) is 1.95. The molecule has 1 N–H and O–H groups in total. The number of benzene rings is 3. The molecule has 41 heavy (non-hydrogen) atoms. The summed E-state index contributed by atoms with van der Waals surface area (Å²) in [6, 6.07) is 17.4. The molecule has 0 spiro atoms. The first kappa shape index (κ1) is 31.6. The van der Waals surface area contributed by atoms with Crippen molar-refractivity contribution >= 4 is 27.5 Å². The van der Waals surface area contributed by atoms with Gasteiger partial charge in [0.25, 0.3) is 10.0 Å². The van der Waals surface area contributed by atoms with Gasteiger partial charge in [-0.05, 0) is 73.4 Å². The number of hydrogen-bond acceptors (Lipinski definition) is 5. The van der Waals surface area contributed by atoms with Gasteiger partial charge in [-0.25, -0.2) is 12.8 Å². The van der Waals surface area contributed by atoms with Crippen LogP contribution in [0.4, 0.5) is 10.1 Å². The van der Waals surface area contributed by atoms with Crippen molar-refractivity contribution in [2.75, 3.05) is 24.5 Å². The zero-order chi connectivity index (χ0) is 30.2. The lowest BCUT2D eigenvalue weighted by molar-refractivity contribution is -0.140. The van der Waals surface area contributed by atoms with Crippen LogP contribution in [0.1, 0.15) is 38.3 Å². The van der Waals surface area contributed by atoms with Crippen LogP contribution in [-0.4, -0.2) is 51.4 Å². The van der Waals surface area contributed by atoms with Gasteiger partial charge in [-0.3, -0.25) is 13.9 Å². The molecule has 10 heteroatoms. The zero-order valence-corrected chi connectivity index (χ0v) is 24.9. The van der Waals surface area contributed by atoms with E-state index in [0.29, 0.717) is 18.7 Å². The number of ether oxygens (including phenoxy) is 1. The van der Waals surface area contributed by atoms with Gasteiger partial charge in [0, 0.05) is 13.1 Å². The van der Waals surface area contributed by atoms with Crippen molar-refractivity contribution in [3.8, 4) is 5.75 Å². The fraction of sp³-hybridized carbons (Fsp3) is 0.355. The highest BCUT2D eigenvalue weighted by Gasteiger charge is 2.33. The summed E-state index contributed by atoms with van der Waals surface area (Å²) in [7, 11) is -2.80. The van der Waals surface area contributed by atoms with Gasteiger partial charge in [-0.15, -0.1) is 0 Å². The van der Waals surface area contributed by atoms with Crippen LogP contribution < -0.4 is 14.4 Å². The molecule has 0 saturated heterocycles. The fourth-order valence-corrected chi connectivity index (χ4v) is 5.66. The second-order valence-electron chi connectivity index (χ2n) is 10.2. The van der Waals surface area contributed by atoms with Crippen molar-refractivity contribution in [3.63, 3.8) is 0 Å². The third-order valence-corrected chi connectivity index (χ3v) is 8.37. The van der Waals surface area contributed by atoms with Gasteiger partial charge >= 0.3 is 0 Å². The summed E-state index contributed by atoms with van der Waals surface area (Å²) in [4.78, 5) is 28.6. The number of sulfonamides is 1. The highest BCUT2D eigenvalue weighted by molar-refractivity contribution is 7.92. The SMILES string of the molecule is CC[C@H](C(=O)NCC(C)C)N(Cc1ccc(C)cc1)C(=O)CN(c1ccc(F)cc1)S(=O)(=O)c1ccc(OC)cc1. The van der Waals surface area contributed by atoms with E-state index in [-0.39, 0.29) is 29.0 Å². The molecule has 2 amide bonds. The van der Waals surface area contributed by atoms with E-state index in [2.05, 4.69) is 5.32 Å². The number of carbonyl (C=O) groups excluding carboxylic acids is 2. The summed E-state index contributed by atoms with van der Waals surface area (Å²) >= 11 is 0. The summed E-state index contributed by atoms with van der Waals surface area (Å²) in [6.45, 7) is 7.65. The van der Waals surface area contributed by atoms with E-state index in [1.54, 1.807) is 6.92 Å². The predicted octanol–water partition coefficient (Wildman–Crippen LogP) is 4.92. The molecule has 220 valence electrons. The third-order valence-electron chi connectivity index (χ3n) is 6.58. The number of rotatable bonds is 13. The highest BCUT2D eigenvalue weighted by atomic mass is 32.2. The number of hydrogen-bond donors (Lipinski definition) is 1. The van der Waals surface area contributed by atoms with Crippen LogP contribution in [0.5, 0.6) is 5.75 Å². The molecular weight excluding hydrogens is 545 g/mol. The second-order valence-corrected chi connectivity index (χ2v) is 12.1. The monoisotopic (exact) mass is 583 g/mol. The number of nitrogens with zero attached hydrogens (tertiary/aromatic N) is 2. The van der Waals surface area contributed by atoms with Gasteiger partial charge < -0.3 is 15.0 Å². The van der Waals surface area contributed by atoms with Crippen LogP contribution in [0.15, 0.2) is 77.7 Å². The maximum atomic E-state index is 14.0. The normalized spacial score (nSPS) is 12.1. The van der Waals surface area contributed by atoms with Crippen LogP contribution >= 0.6 is 0 Å². The zero-order valence-electron chi connectivity index (χ0n) is 24.1. The minimum atomic E-state index is -4.27. The molecule has 0 saturated carbocycles. The number of aryl methyl sites for hydroxylation is 1. The quantitative estimate of drug-likeness (QED) is 0.308. The largest absolute Gasteiger partial charge is 0.497 e. The summed E-state index contributed by atoms with van der Waals surface area (Å²) in [5, 5.41) is 2.90. The molecule has 1 atom stereocenters. The lowest BCUT2D eigenvalue weighted by atomic mass is 10.1. The van der Waals surface area contributed by atoms with Gasteiger partial charge in [-0.1, -0.05) is 50.6 Å². The first-order valence-corrected chi connectivity index (χ1v) is 14.9. The molecule has 0 unspecified atom stereocenters. The molecule has 3 aromatic rings. The average molecular weight is 584 g/mol. The second kappa shape index (κ2) is 14.1. The Labute approximate surface area is 242 Å².